The molecule has 0 radical (unpaired) electrons. The molecule has 0 fully saturated rings. The second-order valence-electron chi connectivity index (χ2n) is 4.47. The highest BCUT2D eigenvalue weighted by molar-refractivity contribution is 5.39. The van der Waals surface area contributed by atoms with Crippen LogP contribution in [-0.4, -0.2) is 11.7 Å². The van der Waals surface area contributed by atoms with Crippen molar-refractivity contribution in [2.24, 2.45) is 0 Å². The van der Waals surface area contributed by atoms with Gasteiger partial charge in [-0.05, 0) is 43.4 Å². The molecule has 0 saturated carbocycles. The van der Waals surface area contributed by atoms with Gasteiger partial charge >= 0.3 is 6.18 Å². The highest BCUT2D eigenvalue weighted by Crippen LogP contribution is 2.37. The maximum Gasteiger partial charge on any atom is 0.419 e. The molecule has 1 aromatic carbocycles. The molecule has 0 aliphatic heterocycles. The van der Waals surface area contributed by atoms with Crippen molar-refractivity contribution in [3.8, 4) is 5.75 Å². The van der Waals surface area contributed by atoms with E-state index in [0.29, 0.717) is 6.42 Å². The lowest BCUT2D eigenvalue weighted by Gasteiger charge is -2.15. The first-order valence-corrected chi connectivity index (χ1v) is 6.53. The van der Waals surface area contributed by atoms with E-state index in [1.807, 2.05) is 6.08 Å². The van der Waals surface area contributed by atoms with Crippen LogP contribution in [0.3, 0.4) is 0 Å². The molecule has 0 spiro atoms. The molecule has 5 heteroatoms. The molecule has 0 bridgehead atoms. The summed E-state index contributed by atoms with van der Waals surface area (Å²) in [6, 6.07) is 3.62. The molecular formula is C15H19F3O2. The summed E-state index contributed by atoms with van der Waals surface area (Å²) in [7, 11) is 0. The molecule has 2 nitrogen and oxygen atoms in total. The van der Waals surface area contributed by atoms with Gasteiger partial charge in [0.1, 0.15) is 5.75 Å². The summed E-state index contributed by atoms with van der Waals surface area (Å²) < 4.78 is 43.8. The zero-order chi connectivity index (χ0) is 15.0. The molecule has 1 aromatic rings. The molecule has 1 rings (SSSR count). The number of rotatable bonds is 8. The van der Waals surface area contributed by atoms with Crippen molar-refractivity contribution in [1.82, 2.24) is 0 Å². The first-order chi connectivity index (χ1) is 9.49. The number of hydrogen-bond acceptors (Lipinski definition) is 2. The molecular weight excluding hydrogens is 269 g/mol. The molecule has 0 amide bonds. The van der Waals surface area contributed by atoms with Gasteiger partial charge in [-0.1, -0.05) is 12.1 Å². The van der Waals surface area contributed by atoms with Gasteiger partial charge in [-0.2, -0.15) is 13.2 Å². The third-order valence-electron chi connectivity index (χ3n) is 2.84. The monoisotopic (exact) mass is 288 g/mol. The van der Waals surface area contributed by atoms with E-state index in [1.165, 1.54) is 12.1 Å². The van der Waals surface area contributed by atoms with Gasteiger partial charge in [0.2, 0.25) is 0 Å². The number of allylic oxidation sites excluding steroid dienone is 1. The molecule has 0 aliphatic carbocycles. The lowest BCUT2D eigenvalue weighted by molar-refractivity contribution is -0.139. The van der Waals surface area contributed by atoms with Crippen LogP contribution >= 0.6 is 0 Å². The summed E-state index contributed by atoms with van der Waals surface area (Å²) >= 11 is 0. The molecule has 20 heavy (non-hydrogen) atoms. The fraction of sp³-hybridized carbons (Fsp3) is 0.467. The van der Waals surface area contributed by atoms with E-state index in [4.69, 9.17) is 9.84 Å². The van der Waals surface area contributed by atoms with Crippen molar-refractivity contribution < 1.29 is 23.0 Å². The topological polar surface area (TPSA) is 29.5 Å². The van der Waals surface area contributed by atoms with Crippen LogP contribution in [0.5, 0.6) is 5.75 Å². The van der Waals surface area contributed by atoms with Crippen LogP contribution < -0.4 is 4.74 Å². The Bertz CT molecular complexity index is 428. The van der Waals surface area contributed by atoms with E-state index in [9.17, 15) is 13.2 Å². The lowest BCUT2D eigenvalue weighted by Crippen LogP contribution is -2.10. The van der Waals surface area contributed by atoms with E-state index in [-0.39, 0.29) is 17.9 Å². The van der Waals surface area contributed by atoms with Crippen LogP contribution in [0.2, 0.25) is 0 Å². The second kappa shape index (κ2) is 7.94. The average molecular weight is 288 g/mol. The molecule has 1 N–H and O–H groups in total. The highest BCUT2D eigenvalue weighted by atomic mass is 19.4. The Labute approximate surface area is 116 Å². The predicted molar refractivity (Wildman–Crippen MR) is 71.5 cm³/mol. The number of alkyl halides is 3. The minimum atomic E-state index is -4.48. The Kier molecular flexibility index (Phi) is 6.58. The van der Waals surface area contributed by atoms with Crippen LogP contribution in [0, 0.1) is 0 Å². The number of hydrogen-bond donors (Lipinski definition) is 1. The Morgan fingerprint density at radius 2 is 1.95 bits per heavy atom. The predicted octanol–water partition coefficient (Wildman–Crippen LogP) is 4.32. The molecule has 0 atom stereocenters. The van der Waals surface area contributed by atoms with Crippen LogP contribution in [0.25, 0.3) is 0 Å². The largest absolute Gasteiger partial charge is 0.493 e. The van der Waals surface area contributed by atoms with Crippen molar-refractivity contribution >= 4 is 0 Å². The van der Waals surface area contributed by atoms with E-state index in [1.54, 1.807) is 0 Å². The lowest BCUT2D eigenvalue weighted by atomic mass is 10.1. The van der Waals surface area contributed by atoms with Crippen molar-refractivity contribution in [3.63, 3.8) is 0 Å². The third-order valence-corrected chi connectivity index (χ3v) is 2.84. The van der Waals surface area contributed by atoms with Crippen LogP contribution in [-0.2, 0) is 12.8 Å². The van der Waals surface area contributed by atoms with Gasteiger partial charge in [-0.3, -0.25) is 0 Å². The van der Waals surface area contributed by atoms with Crippen LogP contribution in [0.1, 0.15) is 36.8 Å². The van der Waals surface area contributed by atoms with Gasteiger partial charge in [0.15, 0.2) is 0 Å². The number of halogens is 3. The van der Waals surface area contributed by atoms with E-state index in [2.05, 4.69) is 6.58 Å². The van der Waals surface area contributed by atoms with Gasteiger partial charge in [-0.25, -0.2) is 0 Å². The molecule has 0 unspecified atom stereocenters. The van der Waals surface area contributed by atoms with E-state index in [0.717, 1.165) is 25.3 Å². The standard InChI is InChI=1S/C15H19F3O2/c1-2-3-4-5-6-9-20-14-8-7-12(11-19)10-13(14)15(16,17)18/h2,7-8,10,19H,1,3-6,9,11H2. The quantitative estimate of drug-likeness (QED) is 0.570. The number of unbranched alkanes of at least 4 members (excludes halogenated alkanes) is 3. The van der Waals surface area contributed by atoms with Crippen molar-refractivity contribution in [1.29, 1.82) is 0 Å². The maximum absolute atomic E-state index is 12.9. The average Bonchev–Trinajstić information content (AvgIpc) is 2.41. The summed E-state index contributed by atoms with van der Waals surface area (Å²) in [6.07, 6.45) is 0.788. The SMILES string of the molecule is C=CCCCCCOc1ccc(CO)cc1C(F)(F)F. The van der Waals surface area contributed by atoms with E-state index >= 15 is 0 Å². The van der Waals surface area contributed by atoms with Gasteiger partial charge < -0.3 is 9.84 Å². The van der Waals surface area contributed by atoms with Crippen molar-refractivity contribution in [3.05, 3.63) is 42.0 Å². The Morgan fingerprint density at radius 3 is 2.55 bits per heavy atom. The summed E-state index contributed by atoms with van der Waals surface area (Å²) in [6.45, 7) is 3.43. The van der Waals surface area contributed by atoms with Gasteiger partial charge in [0, 0.05) is 0 Å². The smallest absolute Gasteiger partial charge is 0.419 e. The summed E-state index contributed by atoms with van der Waals surface area (Å²) in [5, 5.41) is 8.90. The summed E-state index contributed by atoms with van der Waals surface area (Å²) in [5.74, 6) is -0.182. The maximum atomic E-state index is 12.9. The Hall–Kier alpha value is -1.49. The fourth-order valence-electron chi connectivity index (χ4n) is 1.77. The van der Waals surface area contributed by atoms with Gasteiger partial charge in [0.05, 0.1) is 18.8 Å². The second-order valence-corrected chi connectivity index (χ2v) is 4.47. The van der Waals surface area contributed by atoms with Gasteiger partial charge in [-0.15, -0.1) is 6.58 Å². The Balaban J connectivity index is 2.62. The number of benzene rings is 1. The van der Waals surface area contributed by atoms with E-state index < -0.39 is 18.3 Å². The fourth-order valence-corrected chi connectivity index (χ4v) is 1.77. The summed E-state index contributed by atoms with van der Waals surface area (Å²) in [5.41, 5.74) is -0.620. The van der Waals surface area contributed by atoms with Crippen molar-refractivity contribution in [2.75, 3.05) is 6.61 Å². The number of aliphatic hydroxyl groups is 1. The first kappa shape index (κ1) is 16.6. The minimum absolute atomic E-state index is 0.182. The molecule has 112 valence electrons. The van der Waals surface area contributed by atoms with Crippen molar-refractivity contribution in [2.45, 2.75) is 38.5 Å². The van der Waals surface area contributed by atoms with Crippen LogP contribution in [0.4, 0.5) is 13.2 Å². The van der Waals surface area contributed by atoms with Crippen LogP contribution in [0.15, 0.2) is 30.9 Å². The molecule has 0 heterocycles. The molecule has 0 aliphatic rings. The zero-order valence-corrected chi connectivity index (χ0v) is 11.2. The number of aliphatic hydroxyl groups excluding tert-OH is 1. The zero-order valence-electron chi connectivity index (χ0n) is 11.2. The normalized spacial score (nSPS) is 11.4. The summed E-state index contributed by atoms with van der Waals surface area (Å²) in [4.78, 5) is 0. The highest BCUT2D eigenvalue weighted by Gasteiger charge is 2.34. The molecule has 0 aromatic heterocycles. The minimum Gasteiger partial charge on any atom is -0.493 e. The number of ether oxygens (including phenoxy) is 1. The first-order valence-electron chi connectivity index (χ1n) is 6.53. The molecule has 0 saturated heterocycles. The Morgan fingerprint density at radius 1 is 1.20 bits per heavy atom. The third kappa shape index (κ3) is 5.25. The van der Waals surface area contributed by atoms with Gasteiger partial charge in [0.25, 0.3) is 0 Å².